The van der Waals surface area contributed by atoms with Crippen molar-refractivity contribution < 1.29 is 14.2 Å². The summed E-state index contributed by atoms with van der Waals surface area (Å²) >= 11 is 0. The van der Waals surface area contributed by atoms with Crippen LogP contribution in [0, 0.1) is 5.92 Å². The first-order valence-electron chi connectivity index (χ1n) is 11.1. The maximum Gasteiger partial charge on any atom is 0.194 e. The molecule has 1 aliphatic rings. The van der Waals surface area contributed by atoms with Gasteiger partial charge in [0.2, 0.25) is 0 Å². The fourth-order valence-electron chi connectivity index (χ4n) is 3.65. The predicted octanol–water partition coefficient (Wildman–Crippen LogP) is 4.33. The van der Waals surface area contributed by atoms with E-state index >= 15 is 0 Å². The van der Waals surface area contributed by atoms with Gasteiger partial charge in [-0.3, -0.25) is 0 Å². The molecule has 1 N–H and O–H groups in total. The third kappa shape index (κ3) is 8.96. The Kier molecular flexibility index (Phi) is 12.4. The van der Waals surface area contributed by atoms with Crippen molar-refractivity contribution in [3.8, 4) is 5.75 Å². The standard InChI is InChI=1S/C25H35N3O3.HI/c1-3-26-25(27-17-22-10-7-11-24(16-22)31-15-14-29-2)28-13-12-23(18-28)20-30-19-21-8-5-4-6-9-21;/h4-11,16,23H,3,12-15,17-20H2,1-2H3,(H,26,27);1H. The van der Waals surface area contributed by atoms with E-state index in [9.17, 15) is 0 Å². The number of ether oxygens (including phenoxy) is 3. The lowest BCUT2D eigenvalue weighted by Crippen LogP contribution is -2.40. The lowest BCUT2D eigenvalue weighted by molar-refractivity contribution is 0.0906. The van der Waals surface area contributed by atoms with Gasteiger partial charge in [0.15, 0.2) is 5.96 Å². The first kappa shape index (κ1) is 26.4. The zero-order chi connectivity index (χ0) is 21.7. The molecule has 0 radical (unpaired) electrons. The molecular weight excluding hydrogens is 517 g/mol. The van der Waals surface area contributed by atoms with Gasteiger partial charge in [-0.1, -0.05) is 42.5 Å². The summed E-state index contributed by atoms with van der Waals surface area (Å²) in [6.45, 7) is 8.15. The number of nitrogens with one attached hydrogen (secondary N) is 1. The van der Waals surface area contributed by atoms with Gasteiger partial charge in [0.05, 0.1) is 26.4 Å². The number of rotatable bonds is 11. The molecule has 176 valence electrons. The zero-order valence-electron chi connectivity index (χ0n) is 19.2. The van der Waals surface area contributed by atoms with Gasteiger partial charge < -0.3 is 24.4 Å². The lowest BCUT2D eigenvalue weighted by Gasteiger charge is -2.21. The molecule has 1 aliphatic heterocycles. The Hall–Kier alpha value is -1.84. The van der Waals surface area contributed by atoms with Crippen LogP contribution in [0.5, 0.6) is 5.75 Å². The van der Waals surface area contributed by atoms with E-state index in [2.05, 4.69) is 47.5 Å². The summed E-state index contributed by atoms with van der Waals surface area (Å²) in [4.78, 5) is 7.22. The highest BCUT2D eigenvalue weighted by Crippen LogP contribution is 2.18. The molecule has 0 spiro atoms. The van der Waals surface area contributed by atoms with Crippen molar-refractivity contribution in [2.45, 2.75) is 26.5 Å². The summed E-state index contributed by atoms with van der Waals surface area (Å²) in [5.41, 5.74) is 2.35. The van der Waals surface area contributed by atoms with Gasteiger partial charge >= 0.3 is 0 Å². The Balaban J connectivity index is 0.00000363. The number of hydrogen-bond acceptors (Lipinski definition) is 4. The van der Waals surface area contributed by atoms with Crippen molar-refractivity contribution >= 4 is 29.9 Å². The van der Waals surface area contributed by atoms with Crippen molar-refractivity contribution in [1.29, 1.82) is 0 Å². The quantitative estimate of drug-likeness (QED) is 0.194. The summed E-state index contributed by atoms with van der Waals surface area (Å²) in [5, 5.41) is 3.44. The average Bonchev–Trinajstić information content (AvgIpc) is 3.27. The minimum atomic E-state index is 0. The molecule has 1 saturated heterocycles. The van der Waals surface area contributed by atoms with Gasteiger partial charge in [0.1, 0.15) is 12.4 Å². The monoisotopic (exact) mass is 553 g/mol. The van der Waals surface area contributed by atoms with Crippen molar-refractivity contribution in [2.24, 2.45) is 10.9 Å². The average molecular weight is 553 g/mol. The molecule has 0 amide bonds. The van der Waals surface area contributed by atoms with Crippen molar-refractivity contribution in [2.75, 3.05) is 46.6 Å². The van der Waals surface area contributed by atoms with Gasteiger partial charge in [-0.05, 0) is 36.6 Å². The number of likely N-dealkylation sites (tertiary alicyclic amines) is 1. The Bertz CT molecular complexity index is 804. The Morgan fingerprint density at radius 3 is 2.69 bits per heavy atom. The van der Waals surface area contributed by atoms with Gasteiger partial charge in [0.25, 0.3) is 0 Å². The molecule has 1 unspecified atom stereocenters. The Labute approximate surface area is 209 Å². The van der Waals surface area contributed by atoms with Crippen LogP contribution in [0.3, 0.4) is 0 Å². The maximum absolute atomic E-state index is 5.96. The van der Waals surface area contributed by atoms with Crippen LogP contribution < -0.4 is 10.1 Å². The summed E-state index contributed by atoms with van der Waals surface area (Å²) in [7, 11) is 1.68. The third-order valence-corrected chi connectivity index (χ3v) is 5.25. The number of hydrogen-bond donors (Lipinski definition) is 1. The first-order chi connectivity index (χ1) is 15.3. The molecule has 32 heavy (non-hydrogen) atoms. The van der Waals surface area contributed by atoms with E-state index in [4.69, 9.17) is 19.2 Å². The summed E-state index contributed by atoms with van der Waals surface area (Å²) in [6.07, 6.45) is 1.13. The fraction of sp³-hybridized carbons (Fsp3) is 0.480. The number of methoxy groups -OCH3 is 1. The van der Waals surface area contributed by atoms with Crippen molar-refractivity contribution in [3.05, 3.63) is 65.7 Å². The molecule has 2 aromatic carbocycles. The van der Waals surface area contributed by atoms with Crippen LogP contribution in [0.15, 0.2) is 59.6 Å². The lowest BCUT2D eigenvalue weighted by atomic mass is 10.1. The predicted molar refractivity (Wildman–Crippen MR) is 140 cm³/mol. The van der Waals surface area contributed by atoms with E-state index in [1.54, 1.807) is 7.11 Å². The number of halogens is 1. The largest absolute Gasteiger partial charge is 0.491 e. The van der Waals surface area contributed by atoms with Gasteiger partial charge in [-0.25, -0.2) is 4.99 Å². The SMILES string of the molecule is CCNC(=NCc1cccc(OCCOC)c1)N1CCC(COCc2ccccc2)C1.I. The van der Waals surface area contributed by atoms with Crippen LogP contribution in [0.25, 0.3) is 0 Å². The van der Waals surface area contributed by atoms with Crippen molar-refractivity contribution in [3.63, 3.8) is 0 Å². The smallest absolute Gasteiger partial charge is 0.194 e. The molecule has 3 rings (SSSR count). The number of nitrogens with zero attached hydrogens (tertiary/aromatic N) is 2. The van der Waals surface area contributed by atoms with Crippen LogP contribution in [0.4, 0.5) is 0 Å². The highest BCUT2D eigenvalue weighted by molar-refractivity contribution is 14.0. The van der Waals surface area contributed by atoms with E-state index in [0.717, 1.165) is 49.9 Å². The Morgan fingerprint density at radius 2 is 1.91 bits per heavy atom. The van der Waals surface area contributed by atoms with E-state index in [0.29, 0.717) is 32.3 Å². The molecule has 0 aliphatic carbocycles. The second-order valence-electron chi connectivity index (χ2n) is 7.76. The second kappa shape index (κ2) is 15.1. The highest BCUT2D eigenvalue weighted by atomic mass is 127. The van der Waals surface area contributed by atoms with Gasteiger partial charge in [-0.2, -0.15) is 0 Å². The molecule has 1 fully saturated rings. The van der Waals surface area contributed by atoms with Crippen LogP contribution in [-0.4, -0.2) is 57.4 Å². The molecule has 0 saturated carbocycles. The molecule has 1 atom stereocenters. The fourth-order valence-corrected chi connectivity index (χ4v) is 3.65. The summed E-state index contributed by atoms with van der Waals surface area (Å²) in [5.74, 6) is 2.36. The number of guanidine groups is 1. The zero-order valence-corrected chi connectivity index (χ0v) is 21.5. The minimum absolute atomic E-state index is 0. The molecule has 1 heterocycles. The summed E-state index contributed by atoms with van der Waals surface area (Å²) < 4.78 is 16.7. The molecule has 0 aromatic heterocycles. The van der Waals surface area contributed by atoms with E-state index in [1.807, 2.05) is 24.3 Å². The number of benzene rings is 2. The second-order valence-corrected chi connectivity index (χ2v) is 7.76. The van der Waals surface area contributed by atoms with Crippen LogP contribution in [-0.2, 0) is 22.6 Å². The topological polar surface area (TPSA) is 55.3 Å². The van der Waals surface area contributed by atoms with Crippen LogP contribution in [0.2, 0.25) is 0 Å². The van der Waals surface area contributed by atoms with E-state index in [1.165, 1.54) is 5.56 Å². The first-order valence-corrected chi connectivity index (χ1v) is 11.1. The van der Waals surface area contributed by atoms with Gasteiger partial charge in [-0.15, -0.1) is 24.0 Å². The third-order valence-electron chi connectivity index (χ3n) is 5.25. The molecule has 6 nitrogen and oxygen atoms in total. The normalized spacial score (nSPS) is 16.0. The minimum Gasteiger partial charge on any atom is -0.491 e. The van der Waals surface area contributed by atoms with E-state index in [-0.39, 0.29) is 24.0 Å². The van der Waals surface area contributed by atoms with E-state index < -0.39 is 0 Å². The molecule has 7 heteroatoms. The highest BCUT2D eigenvalue weighted by Gasteiger charge is 2.25. The Morgan fingerprint density at radius 1 is 1.09 bits per heavy atom. The van der Waals surface area contributed by atoms with Gasteiger partial charge in [0, 0.05) is 32.7 Å². The van der Waals surface area contributed by atoms with Crippen LogP contribution >= 0.6 is 24.0 Å². The summed E-state index contributed by atoms with van der Waals surface area (Å²) in [6, 6.07) is 18.5. The maximum atomic E-state index is 5.96. The molecule has 2 aromatic rings. The molecular formula is C25H36IN3O3. The van der Waals surface area contributed by atoms with Crippen LogP contribution in [0.1, 0.15) is 24.5 Å². The number of aliphatic imine (C=N–C) groups is 1. The molecule has 0 bridgehead atoms. The van der Waals surface area contributed by atoms with Crippen molar-refractivity contribution in [1.82, 2.24) is 10.2 Å².